The van der Waals surface area contributed by atoms with Gasteiger partial charge in [0.15, 0.2) is 15.6 Å². The zero-order valence-electron chi connectivity index (χ0n) is 10.8. The van der Waals surface area contributed by atoms with Crippen LogP contribution in [-0.4, -0.2) is 26.2 Å². The second-order valence-electron chi connectivity index (χ2n) is 4.59. The lowest BCUT2D eigenvalue weighted by Crippen LogP contribution is -2.03. The summed E-state index contributed by atoms with van der Waals surface area (Å²) in [6.07, 6.45) is 1.99. The molecular weight excluding hydrogens is 292 g/mol. The number of ketones is 1. The fourth-order valence-corrected chi connectivity index (χ4v) is 4.46. The lowest BCUT2D eigenvalue weighted by Gasteiger charge is -2.08. The molecule has 102 valence electrons. The Kier molecular flexibility index (Phi) is 3.18. The molecule has 0 unspecified atom stereocenters. The van der Waals surface area contributed by atoms with E-state index in [1.54, 1.807) is 30.0 Å². The van der Waals surface area contributed by atoms with Crippen molar-refractivity contribution in [2.45, 2.75) is 9.79 Å². The van der Waals surface area contributed by atoms with Gasteiger partial charge in [-0.2, -0.15) is 0 Å². The van der Waals surface area contributed by atoms with Crippen LogP contribution in [0.5, 0.6) is 0 Å². The Morgan fingerprint density at radius 2 is 1.80 bits per heavy atom. The molecule has 0 atom stereocenters. The molecule has 0 saturated heterocycles. The van der Waals surface area contributed by atoms with Crippen LogP contribution in [-0.2, 0) is 9.84 Å². The van der Waals surface area contributed by atoms with Crippen molar-refractivity contribution < 1.29 is 13.2 Å². The number of fused-ring (bicyclic) bond motifs is 1. The Morgan fingerprint density at radius 1 is 1.05 bits per heavy atom. The average Bonchev–Trinajstić information content (AvgIpc) is 2.68. The number of carbonyl (C=O) groups excluding carboxylic acids is 1. The van der Waals surface area contributed by atoms with Crippen LogP contribution < -0.4 is 0 Å². The minimum absolute atomic E-state index is 0.160. The first-order chi connectivity index (χ1) is 9.53. The summed E-state index contributed by atoms with van der Waals surface area (Å²) in [5, 5.41) is 0. The van der Waals surface area contributed by atoms with Crippen LogP contribution in [0.15, 0.2) is 52.3 Å². The number of Topliss-reactive ketones (excluding diaryl/α,β-unsaturated/α-hetero) is 1. The molecule has 5 heteroatoms. The zero-order valence-corrected chi connectivity index (χ0v) is 12.4. The number of rotatable bonds is 2. The molecule has 1 aliphatic rings. The van der Waals surface area contributed by atoms with E-state index < -0.39 is 15.6 Å². The molecule has 1 heterocycles. The van der Waals surface area contributed by atoms with Crippen molar-refractivity contribution in [3.63, 3.8) is 0 Å². The second-order valence-corrected chi connectivity index (χ2v) is 7.40. The predicted octanol–water partition coefficient (Wildman–Crippen LogP) is 3.05. The first kappa shape index (κ1) is 13.4. The van der Waals surface area contributed by atoms with E-state index in [0.717, 1.165) is 16.0 Å². The predicted molar refractivity (Wildman–Crippen MR) is 80.0 cm³/mol. The largest absolute Gasteiger partial charge is 0.293 e. The molecular formula is C15H12O3S2. The number of sulfone groups is 1. The normalized spacial score (nSPS) is 16.1. The number of carbonyl (C=O) groups is 1. The highest BCUT2D eigenvalue weighted by Gasteiger charge is 2.33. The van der Waals surface area contributed by atoms with Crippen LogP contribution in [0.3, 0.4) is 0 Å². The molecule has 3 rings (SSSR count). The van der Waals surface area contributed by atoms with Crippen LogP contribution in [0.4, 0.5) is 0 Å². The number of hydrogen-bond acceptors (Lipinski definition) is 4. The lowest BCUT2D eigenvalue weighted by molar-refractivity contribution is 0.102. The quantitative estimate of drug-likeness (QED) is 0.800. The second kappa shape index (κ2) is 4.75. The molecule has 0 fully saturated rings. The number of thioether (sulfide) groups is 1. The van der Waals surface area contributed by atoms with Crippen molar-refractivity contribution in [3.05, 3.63) is 48.0 Å². The summed E-state index contributed by atoms with van der Waals surface area (Å²) in [5.74, 6) is -0.723. The highest BCUT2D eigenvalue weighted by Crippen LogP contribution is 2.34. The molecule has 0 spiro atoms. The molecule has 20 heavy (non-hydrogen) atoms. The van der Waals surface area contributed by atoms with E-state index >= 15 is 0 Å². The summed E-state index contributed by atoms with van der Waals surface area (Å²) in [5.41, 5.74) is 2.21. The third-order valence-electron chi connectivity index (χ3n) is 3.35. The maximum atomic E-state index is 11.8. The van der Waals surface area contributed by atoms with Gasteiger partial charge in [0.25, 0.3) is 0 Å². The van der Waals surface area contributed by atoms with Crippen LogP contribution in [0, 0.1) is 0 Å². The monoisotopic (exact) mass is 304 g/mol. The molecule has 0 saturated carbocycles. The summed E-state index contributed by atoms with van der Waals surface area (Å²) in [6.45, 7) is 0. The summed E-state index contributed by atoms with van der Waals surface area (Å²) >= 11 is 1.62. The van der Waals surface area contributed by atoms with Gasteiger partial charge in [-0.25, -0.2) is 8.42 Å². The number of hydrogen-bond donors (Lipinski definition) is 0. The Morgan fingerprint density at radius 3 is 2.55 bits per heavy atom. The Labute approximate surface area is 121 Å². The van der Waals surface area contributed by atoms with Crippen LogP contribution in [0.1, 0.15) is 10.4 Å². The van der Waals surface area contributed by atoms with E-state index in [-0.39, 0.29) is 10.7 Å². The molecule has 0 aromatic heterocycles. The third kappa shape index (κ3) is 2.07. The third-order valence-corrected chi connectivity index (χ3v) is 5.82. The molecule has 2 aromatic carbocycles. The lowest BCUT2D eigenvalue weighted by atomic mass is 10.0. The highest BCUT2D eigenvalue weighted by molar-refractivity contribution is 7.98. The molecule has 0 bridgehead atoms. The van der Waals surface area contributed by atoms with Crippen LogP contribution in [0.2, 0.25) is 0 Å². The molecule has 3 nitrogen and oxygen atoms in total. The van der Waals surface area contributed by atoms with Gasteiger partial charge >= 0.3 is 0 Å². The summed E-state index contributed by atoms with van der Waals surface area (Å²) in [4.78, 5) is 13.1. The fraction of sp³-hybridized carbons (Fsp3) is 0.133. The van der Waals surface area contributed by atoms with Crippen molar-refractivity contribution in [1.29, 1.82) is 0 Å². The van der Waals surface area contributed by atoms with Crippen molar-refractivity contribution in [2.24, 2.45) is 0 Å². The first-order valence-corrected chi connectivity index (χ1v) is 8.94. The summed E-state index contributed by atoms with van der Waals surface area (Å²) < 4.78 is 23.6. The van der Waals surface area contributed by atoms with Gasteiger partial charge in [-0.3, -0.25) is 4.79 Å². The Hall–Kier alpha value is -1.59. The van der Waals surface area contributed by atoms with Gasteiger partial charge in [0.2, 0.25) is 0 Å². The zero-order chi connectivity index (χ0) is 14.3. The molecule has 0 aliphatic carbocycles. The van der Waals surface area contributed by atoms with E-state index in [1.165, 1.54) is 0 Å². The topological polar surface area (TPSA) is 51.2 Å². The maximum absolute atomic E-state index is 11.8. The van der Waals surface area contributed by atoms with Gasteiger partial charge in [-0.05, 0) is 35.6 Å². The Balaban J connectivity index is 2.20. The smallest absolute Gasteiger partial charge is 0.186 e. The van der Waals surface area contributed by atoms with Crippen molar-refractivity contribution in [2.75, 3.05) is 12.0 Å². The Bertz CT molecular complexity index is 808. The van der Waals surface area contributed by atoms with Gasteiger partial charge in [0.1, 0.15) is 5.75 Å². The van der Waals surface area contributed by atoms with E-state index in [4.69, 9.17) is 0 Å². The van der Waals surface area contributed by atoms with Gasteiger partial charge in [0, 0.05) is 10.5 Å². The SMILES string of the molecule is CSc1ccccc1-c1ccc2c(c1)C(=O)CS2(=O)=O. The molecule has 0 amide bonds. The first-order valence-electron chi connectivity index (χ1n) is 6.06. The van der Waals surface area contributed by atoms with E-state index in [2.05, 4.69) is 0 Å². The summed E-state index contributed by atoms with van der Waals surface area (Å²) in [6, 6.07) is 12.9. The average molecular weight is 304 g/mol. The van der Waals surface area contributed by atoms with Gasteiger partial charge in [0.05, 0.1) is 4.90 Å². The van der Waals surface area contributed by atoms with Crippen molar-refractivity contribution >= 4 is 27.4 Å². The molecule has 0 N–H and O–H groups in total. The molecule has 2 aromatic rings. The maximum Gasteiger partial charge on any atom is 0.186 e. The number of benzene rings is 2. The van der Waals surface area contributed by atoms with Crippen LogP contribution in [0.25, 0.3) is 11.1 Å². The van der Waals surface area contributed by atoms with Gasteiger partial charge in [-0.15, -0.1) is 11.8 Å². The molecule has 0 radical (unpaired) electrons. The standard InChI is InChI=1S/C15H12O3S2/c1-19-14-5-3-2-4-11(14)10-6-7-15-12(8-10)13(16)9-20(15,17)18/h2-8H,9H2,1H3. The van der Waals surface area contributed by atoms with Gasteiger partial charge < -0.3 is 0 Å². The minimum Gasteiger partial charge on any atom is -0.293 e. The summed E-state index contributed by atoms with van der Waals surface area (Å²) in [7, 11) is -3.42. The fourth-order valence-electron chi connectivity index (χ4n) is 2.40. The van der Waals surface area contributed by atoms with Crippen LogP contribution >= 0.6 is 11.8 Å². The minimum atomic E-state index is -3.42. The van der Waals surface area contributed by atoms with E-state index in [9.17, 15) is 13.2 Å². The van der Waals surface area contributed by atoms with E-state index in [1.807, 2.05) is 30.5 Å². The van der Waals surface area contributed by atoms with E-state index in [0.29, 0.717) is 5.56 Å². The van der Waals surface area contributed by atoms with Crippen molar-refractivity contribution in [1.82, 2.24) is 0 Å². The van der Waals surface area contributed by atoms with Gasteiger partial charge in [-0.1, -0.05) is 24.3 Å². The van der Waals surface area contributed by atoms with Crippen molar-refractivity contribution in [3.8, 4) is 11.1 Å². The highest BCUT2D eigenvalue weighted by atomic mass is 32.2. The molecule has 1 aliphatic heterocycles.